The lowest BCUT2D eigenvalue weighted by Crippen LogP contribution is -2.59. The van der Waals surface area contributed by atoms with Crippen molar-refractivity contribution in [2.75, 3.05) is 47.6 Å². The van der Waals surface area contributed by atoms with Crippen LogP contribution in [-0.4, -0.2) is 128 Å². The van der Waals surface area contributed by atoms with Crippen molar-refractivity contribution in [3.8, 4) is 0 Å². The molecule has 1 aliphatic heterocycles. The van der Waals surface area contributed by atoms with Gasteiger partial charge in [0.25, 0.3) is 0 Å². The fourth-order valence-electron chi connectivity index (χ4n) is 8.23. The number of nitrogens with two attached hydrogens (primary N) is 1. The normalized spacial score (nSPS) is 18.4. The van der Waals surface area contributed by atoms with Crippen molar-refractivity contribution in [2.45, 2.75) is 123 Å². The number of aromatic nitrogens is 1. The summed E-state index contributed by atoms with van der Waals surface area (Å²) < 4.78 is 12.0. The Morgan fingerprint density at radius 3 is 2.12 bits per heavy atom. The average Bonchev–Trinajstić information content (AvgIpc) is 3.91. The van der Waals surface area contributed by atoms with Crippen molar-refractivity contribution in [1.29, 1.82) is 0 Å². The predicted octanol–water partition coefficient (Wildman–Crippen LogP) is 3.85. The number of benzene rings is 1. The number of likely N-dealkylation sites (tertiary alicyclic amines) is 1. The van der Waals surface area contributed by atoms with E-state index in [0.717, 1.165) is 12.0 Å². The molecule has 0 unspecified atom stereocenters. The van der Waals surface area contributed by atoms with E-state index in [2.05, 4.69) is 20.9 Å². The van der Waals surface area contributed by atoms with Crippen molar-refractivity contribution >= 4 is 46.6 Å². The van der Waals surface area contributed by atoms with Gasteiger partial charge in [0, 0.05) is 51.6 Å². The molecule has 1 aromatic carbocycles. The maximum atomic E-state index is 14.3. The molecule has 9 atom stereocenters. The van der Waals surface area contributed by atoms with Crippen LogP contribution in [0.15, 0.2) is 35.8 Å². The van der Waals surface area contributed by atoms with Crippen molar-refractivity contribution in [2.24, 2.45) is 23.7 Å². The van der Waals surface area contributed by atoms with Gasteiger partial charge in [-0.2, -0.15) is 0 Å². The standard InChI is InChI=1S/C43H70N8O7S/c1-13-27(6)37(50(10)43(56)34(25(2)3)47-41(55)36(26(4)5)49(8)9)32(57-11)23-33(52)51-21-14-15-31(51)38(58-12)28(7)39(53)48-35(42-45-20-22-59-42)40(54)46-24-29-16-18-30(44)19-17-29/h16-20,22,25-28,31-32,34-38H,13-15,21,23-24,44H2,1-12H3,(H,46,54)(H,47,55)(H,48,53)/t27-,28+,31-,32+,34-,35+,36-,37-,38+/m0/s1. The highest BCUT2D eigenvalue weighted by atomic mass is 32.1. The Morgan fingerprint density at radius 1 is 0.932 bits per heavy atom. The summed E-state index contributed by atoms with van der Waals surface area (Å²) in [5, 5.41) is 11.0. The third-order valence-corrected chi connectivity index (χ3v) is 12.5. The van der Waals surface area contributed by atoms with E-state index >= 15 is 0 Å². The van der Waals surface area contributed by atoms with Gasteiger partial charge in [-0.05, 0) is 62.4 Å². The van der Waals surface area contributed by atoms with Crippen LogP contribution >= 0.6 is 11.3 Å². The zero-order chi connectivity index (χ0) is 44.1. The number of likely N-dealkylation sites (N-methyl/N-ethyl adjacent to an activating group) is 2. The van der Waals surface area contributed by atoms with Gasteiger partial charge < -0.3 is 41.0 Å². The zero-order valence-corrected chi connectivity index (χ0v) is 38.0. The highest BCUT2D eigenvalue weighted by Gasteiger charge is 2.43. The number of nitrogens with one attached hydrogen (secondary N) is 3. The number of rotatable bonds is 22. The van der Waals surface area contributed by atoms with Crippen molar-refractivity contribution < 1.29 is 33.4 Å². The highest BCUT2D eigenvalue weighted by Crippen LogP contribution is 2.30. The van der Waals surface area contributed by atoms with Gasteiger partial charge in [0.1, 0.15) is 11.0 Å². The quantitative estimate of drug-likeness (QED) is 0.127. The number of thiazole rings is 1. The van der Waals surface area contributed by atoms with Crippen LogP contribution in [0, 0.1) is 23.7 Å². The number of nitrogen functional groups attached to an aromatic ring is 1. The first-order valence-electron chi connectivity index (χ1n) is 20.8. The number of carbonyl (C=O) groups excluding carboxylic acids is 5. The number of methoxy groups -OCH3 is 2. The van der Waals surface area contributed by atoms with E-state index in [1.807, 2.05) is 72.7 Å². The second-order valence-corrected chi connectivity index (χ2v) is 17.7. The Bertz CT molecular complexity index is 1650. The number of carbonyl (C=O) groups is 5. The molecule has 16 heteroatoms. The van der Waals surface area contributed by atoms with Crippen LogP contribution in [0.25, 0.3) is 0 Å². The molecule has 1 fully saturated rings. The minimum absolute atomic E-state index is 0.00824. The van der Waals surface area contributed by atoms with Gasteiger partial charge in [0.05, 0.1) is 42.7 Å². The fourth-order valence-corrected chi connectivity index (χ4v) is 8.91. The second-order valence-electron chi connectivity index (χ2n) is 16.7. The molecule has 1 aromatic heterocycles. The zero-order valence-electron chi connectivity index (χ0n) is 37.2. The Balaban J connectivity index is 1.78. The van der Waals surface area contributed by atoms with Gasteiger partial charge in [0.15, 0.2) is 6.04 Å². The highest BCUT2D eigenvalue weighted by molar-refractivity contribution is 7.09. The maximum Gasteiger partial charge on any atom is 0.250 e. The molecule has 59 heavy (non-hydrogen) atoms. The van der Waals surface area contributed by atoms with E-state index in [4.69, 9.17) is 15.2 Å². The van der Waals surface area contributed by atoms with E-state index in [0.29, 0.717) is 30.1 Å². The summed E-state index contributed by atoms with van der Waals surface area (Å²) in [6.45, 7) is 14.3. The van der Waals surface area contributed by atoms with E-state index in [9.17, 15) is 24.0 Å². The number of ether oxygens (including phenoxy) is 2. The van der Waals surface area contributed by atoms with Gasteiger partial charge >= 0.3 is 0 Å². The van der Waals surface area contributed by atoms with Gasteiger partial charge in [-0.3, -0.25) is 28.9 Å². The molecule has 0 saturated carbocycles. The van der Waals surface area contributed by atoms with Gasteiger partial charge in [-0.1, -0.05) is 67.0 Å². The first-order chi connectivity index (χ1) is 27.9. The number of hydrogen-bond acceptors (Lipinski definition) is 11. The Labute approximate surface area is 355 Å². The van der Waals surface area contributed by atoms with Gasteiger partial charge in [-0.15, -0.1) is 11.3 Å². The lowest BCUT2D eigenvalue weighted by atomic mass is 9.89. The summed E-state index contributed by atoms with van der Waals surface area (Å²) in [4.78, 5) is 79.1. The summed E-state index contributed by atoms with van der Waals surface area (Å²) in [6.07, 6.45) is 2.28. The Hall–Kier alpha value is -4.12. The van der Waals surface area contributed by atoms with Crippen molar-refractivity contribution in [1.82, 2.24) is 35.6 Å². The summed E-state index contributed by atoms with van der Waals surface area (Å²) in [6, 6.07) is 4.03. The van der Waals surface area contributed by atoms with Crippen LogP contribution in [0.1, 0.15) is 90.8 Å². The van der Waals surface area contributed by atoms with Crippen LogP contribution in [0.3, 0.4) is 0 Å². The lowest BCUT2D eigenvalue weighted by Gasteiger charge is -2.41. The Kier molecular flexibility index (Phi) is 19.2. The molecular weight excluding hydrogens is 773 g/mol. The molecular formula is C43H70N8O7S. The molecule has 5 N–H and O–H groups in total. The number of hydrogen-bond donors (Lipinski definition) is 4. The molecule has 1 saturated heterocycles. The molecule has 3 rings (SSSR count). The molecule has 2 aromatic rings. The molecule has 1 aliphatic rings. The molecule has 0 aliphatic carbocycles. The van der Waals surface area contributed by atoms with Crippen LogP contribution in [0.5, 0.6) is 0 Å². The smallest absolute Gasteiger partial charge is 0.250 e. The first-order valence-corrected chi connectivity index (χ1v) is 21.7. The molecule has 0 bridgehead atoms. The van der Waals surface area contributed by atoms with E-state index in [1.165, 1.54) is 18.4 Å². The Morgan fingerprint density at radius 2 is 1.59 bits per heavy atom. The molecule has 2 heterocycles. The number of anilines is 1. The minimum atomic E-state index is -1.04. The van der Waals surface area contributed by atoms with Crippen LogP contribution < -0.4 is 21.7 Å². The molecule has 0 spiro atoms. The molecule has 5 amide bonds. The third-order valence-electron chi connectivity index (χ3n) is 11.6. The number of amides is 5. The van der Waals surface area contributed by atoms with Gasteiger partial charge in [-0.25, -0.2) is 4.98 Å². The SMILES string of the molecule is CC[C@H](C)[C@@H]([C@@H](CC(=O)N1CCC[C@H]1[C@H](OC)[C@@H](C)C(=O)N[C@H](C(=O)NCc1ccc(N)cc1)c1nccs1)OC)N(C)C(=O)[C@@H](NC(=O)[C@H](C(C)C)N(C)C)C(C)C. The molecule has 0 radical (unpaired) electrons. The van der Waals surface area contributed by atoms with Crippen molar-refractivity contribution in [3.05, 3.63) is 46.4 Å². The lowest BCUT2D eigenvalue weighted by molar-refractivity contribution is -0.148. The summed E-state index contributed by atoms with van der Waals surface area (Å²) in [5.41, 5.74) is 7.27. The topological polar surface area (TPSA) is 189 Å². The van der Waals surface area contributed by atoms with Crippen LogP contribution in [-0.2, 0) is 40.0 Å². The largest absolute Gasteiger partial charge is 0.399 e. The minimum Gasteiger partial charge on any atom is -0.399 e. The second kappa shape index (κ2) is 23.0. The fraction of sp³-hybridized carbons (Fsp3) is 0.674. The summed E-state index contributed by atoms with van der Waals surface area (Å²) >= 11 is 1.26. The maximum absolute atomic E-state index is 14.3. The average molecular weight is 843 g/mol. The molecule has 15 nitrogen and oxygen atoms in total. The third kappa shape index (κ3) is 12.9. The monoisotopic (exact) mass is 843 g/mol. The van der Waals surface area contributed by atoms with Crippen LogP contribution in [0.2, 0.25) is 0 Å². The van der Waals surface area contributed by atoms with Crippen LogP contribution in [0.4, 0.5) is 5.69 Å². The van der Waals surface area contributed by atoms with E-state index < -0.39 is 60.1 Å². The first kappa shape index (κ1) is 49.2. The predicted molar refractivity (Wildman–Crippen MR) is 231 cm³/mol. The molecule has 330 valence electrons. The summed E-state index contributed by atoms with van der Waals surface area (Å²) in [7, 11) is 8.50. The van der Waals surface area contributed by atoms with Gasteiger partial charge in [0.2, 0.25) is 29.5 Å². The number of nitrogens with zero attached hydrogens (tertiary/aromatic N) is 4. The van der Waals surface area contributed by atoms with E-state index in [1.54, 1.807) is 54.6 Å². The summed E-state index contributed by atoms with van der Waals surface area (Å²) in [5.74, 6) is -2.41. The van der Waals surface area contributed by atoms with E-state index in [-0.39, 0.29) is 48.4 Å². The van der Waals surface area contributed by atoms with Crippen molar-refractivity contribution in [3.63, 3.8) is 0 Å².